The van der Waals surface area contributed by atoms with Gasteiger partial charge in [0, 0.05) is 13.0 Å². The molecule has 20 heavy (non-hydrogen) atoms. The summed E-state index contributed by atoms with van der Waals surface area (Å²) in [6, 6.07) is 10.1. The Kier molecular flexibility index (Phi) is 5.32. The van der Waals surface area contributed by atoms with E-state index >= 15 is 0 Å². The SMILES string of the molecule is Cc1ccc(CCC(=O)NCC(O)c2ccsc2)cc1. The van der Waals surface area contributed by atoms with E-state index in [0.29, 0.717) is 6.42 Å². The summed E-state index contributed by atoms with van der Waals surface area (Å²) in [5.41, 5.74) is 3.23. The number of hydrogen-bond donors (Lipinski definition) is 2. The molecule has 1 atom stereocenters. The number of hydrogen-bond acceptors (Lipinski definition) is 3. The highest BCUT2D eigenvalue weighted by molar-refractivity contribution is 7.07. The molecule has 4 heteroatoms. The van der Waals surface area contributed by atoms with E-state index in [4.69, 9.17) is 0 Å². The minimum absolute atomic E-state index is 0.0279. The van der Waals surface area contributed by atoms with Gasteiger partial charge in [-0.05, 0) is 41.3 Å². The van der Waals surface area contributed by atoms with Gasteiger partial charge in [-0.3, -0.25) is 4.79 Å². The van der Waals surface area contributed by atoms with Crippen LogP contribution in [0.1, 0.15) is 29.2 Å². The van der Waals surface area contributed by atoms with Crippen molar-refractivity contribution >= 4 is 17.2 Å². The average molecular weight is 289 g/mol. The number of aliphatic hydroxyl groups is 1. The van der Waals surface area contributed by atoms with Crippen molar-refractivity contribution < 1.29 is 9.90 Å². The predicted octanol–water partition coefficient (Wildman–Crippen LogP) is 2.84. The van der Waals surface area contributed by atoms with Gasteiger partial charge in [0.15, 0.2) is 0 Å². The first-order chi connectivity index (χ1) is 9.65. The second-order valence-electron chi connectivity index (χ2n) is 4.86. The van der Waals surface area contributed by atoms with Gasteiger partial charge in [-0.2, -0.15) is 11.3 Å². The van der Waals surface area contributed by atoms with E-state index in [0.717, 1.165) is 17.5 Å². The number of benzene rings is 1. The van der Waals surface area contributed by atoms with Gasteiger partial charge in [0.25, 0.3) is 0 Å². The zero-order valence-electron chi connectivity index (χ0n) is 11.5. The van der Waals surface area contributed by atoms with Crippen LogP contribution in [0, 0.1) is 6.92 Å². The Morgan fingerprint density at radius 1 is 1.30 bits per heavy atom. The molecule has 1 amide bonds. The van der Waals surface area contributed by atoms with Crippen LogP contribution >= 0.6 is 11.3 Å². The summed E-state index contributed by atoms with van der Waals surface area (Å²) in [6.07, 6.45) is 0.546. The molecule has 106 valence electrons. The zero-order chi connectivity index (χ0) is 14.4. The lowest BCUT2D eigenvalue weighted by atomic mass is 10.1. The van der Waals surface area contributed by atoms with Gasteiger partial charge in [-0.1, -0.05) is 29.8 Å². The number of aliphatic hydroxyl groups excluding tert-OH is 1. The van der Waals surface area contributed by atoms with E-state index < -0.39 is 6.10 Å². The lowest BCUT2D eigenvalue weighted by Gasteiger charge is -2.10. The molecule has 0 aliphatic carbocycles. The van der Waals surface area contributed by atoms with Crippen molar-refractivity contribution in [2.75, 3.05) is 6.54 Å². The molecule has 0 saturated carbocycles. The summed E-state index contributed by atoms with van der Waals surface area (Å²) in [6.45, 7) is 2.31. The minimum Gasteiger partial charge on any atom is -0.387 e. The van der Waals surface area contributed by atoms with Crippen LogP contribution in [0.15, 0.2) is 41.1 Å². The van der Waals surface area contributed by atoms with Crippen molar-refractivity contribution in [3.63, 3.8) is 0 Å². The number of nitrogens with one attached hydrogen (secondary N) is 1. The lowest BCUT2D eigenvalue weighted by molar-refractivity contribution is -0.121. The number of aryl methyl sites for hydroxylation is 2. The molecular weight excluding hydrogens is 270 g/mol. The summed E-state index contributed by atoms with van der Waals surface area (Å²) >= 11 is 1.54. The van der Waals surface area contributed by atoms with E-state index in [1.807, 2.05) is 48.0 Å². The van der Waals surface area contributed by atoms with Crippen molar-refractivity contribution in [3.05, 3.63) is 57.8 Å². The molecule has 2 N–H and O–H groups in total. The average Bonchev–Trinajstić information content (AvgIpc) is 2.98. The standard InChI is InChI=1S/C16H19NO2S/c1-12-2-4-13(5-3-12)6-7-16(19)17-10-15(18)14-8-9-20-11-14/h2-5,8-9,11,15,18H,6-7,10H2,1H3,(H,17,19). The Balaban J connectivity index is 1.71. The third-order valence-electron chi connectivity index (χ3n) is 3.18. The van der Waals surface area contributed by atoms with Gasteiger partial charge in [0.05, 0.1) is 6.10 Å². The van der Waals surface area contributed by atoms with E-state index in [-0.39, 0.29) is 12.5 Å². The molecule has 0 spiro atoms. The Morgan fingerprint density at radius 2 is 2.05 bits per heavy atom. The van der Waals surface area contributed by atoms with E-state index in [9.17, 15) is 9.90 Å². The molecule has 0 radical (unpaired) electrons. The second kappa shape index (κ2) is 7.22. The highest BCUT2D eigenvalue weighted by Crippen LogP contribution is 2.15. The van der Waals surface area contributed by atoms with E-state index in [1.165, 1.54) is 16.9 Å². The molecule has 1 aromatic carbocycles. The number of thiophene rings is 1. The van der Waals surface area contributed by atoms with Crippen LogP contribution in [-0.2, 0) is 11.2 Å². The highest BCUT2D eigenvalue weighted by atomic mass is 32.1. The van der Waals surface area contributed by atoms with Crippen LogP contribution < -0.4 is 5.32 Å². The first-order valence-corrected chi connectivity index (χ1v) is 7.62. The van der Waals surface area contributed by atoms with Crippen LogP contribution in [0.25, 0.3) is 0 Å². The summed E-state index contributed by atoms with van der Waals surface area (Å²) in [5.74, 6) is -0.0279. The third-order valence-corrected chi connectivity index (χ3v) is 3.88. The van der Waals surface area contributed by atoms with Crippen LogP contribution in [0.3, 0.4) is 0 Å². The Hall–Kier alpha value is -1.65. The van der Waals surface area contributed by atoms with Crippen LogP contribution in [-0.4, -0.2) is 17.6 Å². The van der Waals surface area contributed by atoms with E-state index in [2.05, 4.69) is 5.32 Å². The summed E-state index contributed by atoms with van der Waals surface area (Å²) in [4.78, 5) is 11.7. The Bertz CT molecular complexity index is 534. The first-order valence-electron chi connectivity index (χ1n) is 6.67. The van der Waals surface area contributed by atoms with Crippen molar-refractivity contribution in [3.8, 4) is 0 Å². The molecule has 0 bridgehead atoms. The molecule has 2 rings (SSSR count). The summed E-state index contributed by atoms with van der Waals surface area (Å²) in [7, 11) is 0. The molecule has 1 unspecified atom stereocenters. The molecule has 1 aromatic heterocycles. The Morgan fingerprint density at radius 3 is 2.70 bits per heavy atom. The molecule has 2 aromatic rings. The van der Waals surface area contributed by atoms with Gasteiger partial charge in [0.1, 0.15) is 0 Å². The van der Waals surface area contributed by atoms with Crippen molar-refractivity contribution in [1.82, 2.24) is 5.32 Å². The predicted molar refractivity (Wildman–Crippen MR) is 81.8 cm³/mol. The second-order valence-corrected chi connectivity index (χ2v) is 5.64. The summed E-state index contributed by atoms with van der Waals surface area (Å²) < 4.78 is 0. The van der Waals surface area contributed by atoms with Gasteiger partial charge in [0.2, 0.25) is 5.91 Å². The monoisotopic (exact) mass is 289 g/mol. The molecule has 0 aliphatic rings. The third kappa shape index (κ3) is 4.47. The van der Waals surface area contributed by atoms with Crippen molar-refractivity contribution in [1.29, 1.82) is 0 Å². The van der Waals surface area contributed by atoms with Crippen LogP contribution in [0.5, 0.6) is 0 Å². The quantitative estimate of drug-likeness (QED) is 0.859. The summed E-state index contributed by atoms with van der Waals surface area (Å²) in [5, 5.41) is 16.4. The van der Waals surface area contributed by atoms with Gasteiger partial charge in [-0.15, -0.1) is 0 Å². The van der Waals surface area contributed by atoms with Crippen molar-refractivity contribution in [2.24, 2.45) is 0 Å². The molecule has 3 nitrogen and oxygen atoms in total. The maximum absolute atomic E-state index is 11.7. The molecular formula is C16H19NO2S. The van der Waals surface area contributed by atoms with Crippen LogP contribution in [0.2, 0.25) is 0 Å². The fourth-order valence-electron chi connectivity index (χ4n) is 1.89. The smallest absolute Gasteiger partial charge is 0.220 e. The first kappa shape index (κ1) is 14.8. The van der Waals surface area contributed by atoms with Gasteiger partial charge in [-0.25, -0.2) is 0 Å². The zero-order valence-corrected chi connectivity index (χ0v) is 12.3. The maximum atomic E-state index is 11.7. The number of carbonyl (C=O) groups is 1. The molecule has 1 heterocycles. The van der Waals surface area contributed by atoms with E-state index in [1.54, 1.807) is 0 Å². The molecule has 0 fully saturated rings. The molecule has 0 aliphatic heterocycles. The van der Waals surface area contributed by atoms with Gasteiger partial charge >= 0.3 is 0 Å². The maximum Gasteiger partial charge on any atom is 0.220 e. The van der Waals surface area contributed by atoms with Crippen molar-refractivity contribution in [2.45, 2.75) is 25.9 Å². The fraction of sp³-hybridized carbons (Fsp3) is 0.312. The lowest BCUT2D eigenvalue weighted by Crippen LogP contribution is -2.28. The largest absolute Gasteiger partial charge is 0.387 e. The van der Waals surface area contributed by atoms with Crippen LogP contribution in [0.4, 0.5) is 0 Å². The molecule has 0 saturated heterocycles. The topological polar surface area (TPSA) is 49.3 Å². The number of carbonyl (C=O) groups excluding carboxylic acids is 1. The number of rotatable bonds is 6. The minimum atomic E-state index is -0.621. The van der Waals surface area contributed by atoms with Gasteiger partial charge < -0.3 is 10.4 Å². The normalized spacial score (nSPS) is 12.1. The Labute approximate surface area is 123 Å². The number of amides is 1. The fourth-order valence-corrected chi connectivity index (χ4v) is 2.60. The highest BCUT2D eigenvalue weighted by Gasteiger charge is 2.09.